The quantitative estimate of drug-likeness (QED) is 0.923. The first kappa shape index (κ1) is 14.6. The van der Waals surface area contributed by atoms with E-state index in [2.05, 4.69) is 10.3 Å². The summed E-state index contributed by atoms with van der Waals surface area (Å²) >= 11 is 5.78. The third-order valence-corrected chi connectivity index (χ3v) is 5.40. The molecular weight excluding hydrogens is 286 g/mol. The zero-order chi connectivity index (χ0) is 13.9. The van der Waals surface area contributed by atoms with E-state index in [1.807, 2.05) is 6.07 Å². The van der Waals surface area contributed by atoms with E-state index in [1.54, 1.807) is 23.5 Å². The van der Waals surface area contributed by atoms with Crippen molar-refractivity contribution in [3.05, 3.63) is 23.4 Å². The summed E-state index contributed by atoms with van der Waals surface area (Å²) in [6, 6.07) is 3.88. The lowest BCUT2D eigenvalue weighted by Gasteiger charge is -2.31. The van der Waals surface area contributed by atoms with Crippen LogP contribution in [0.15, 0.2) is 18.3 Å². The maximum atomic E-state index is 11.7. The molecule has 0 saturated carbocycles. The van der Waals surface area contributed by atoms with Crippen molar-refractivity contribution in [2.75, 3.05) is 24.2 Å². The second-order valence-electron chi connectivity index (χ2n) is 4.58. The number of hydrogen-bond acceptors (Lipinski definition) is 4. The molecule has 1 aliphatic rings. The predicted octanol–water partition coefficient (Wildman–Crippen LogP) is 1.96. The van der Waals surface area contributed by atoms with Crippen LogP contribution in [0.1, 0.15) is 19.8 Å². The van der Waals surface area contributed by atoms with Crippen LogP contribution in [0.4, 0.5) is 5.82 Å². The summed E-state index contributed by atoms with van der Waals surface area (Å²) in [7, 11) is -3.05. The molecule has 0 bridgehead atoms. The van der Waals surface area contributed by atoms with Gasteiger partial charge in [0, 0.05) is 25.3 Å². The molecule has 1 aromatic rings. The number of aromatic nitrogens is 1. The van der Waals surface area contributed by atoms with Gasteiger partial charge in [-0.2, -0.15) is 0 Å². The first-order valence-corrected chi connectivity index (χ1v) is 8.36. The van der Waals surface area contributed by atoms with E-state index >= 15 is 0 Å². The van der Waals surface area contributed by atoms with Gasteiger partial charge in [0.15, 0.2) is 0 Å². The minimum absolute atomic E-state index is 0.170. The Labute approximate surface area is 119 Å². The maximum absolute atomic E-state index is 11.7. The van der Waals surface area contributed by atoms with Gasteiger partial charge in [0.2, 0.25) is 10.0 Å². The third kappa shape index (κ3) is 3.81. The molecule has 0 spiro atoms. The lowest BCUT2D eigenvalue weighted by atomic mass is 10.1. The van der Waals surface area contributed by atoms with Gasteiger partial charge >= 0.3 is 0 Å². The fourth-order valence-corrected chi connectivity index (χ4v) is 3.38. The Kier molecular flexibility index (Phi) is 4.65. The molecular formula is C12H18ClN3O2S. The van der Waals surface area contributed by atoms with Gasteiger partial charge in [-0.3, -0.25) is 0 Å². The van der Waals surface area contributed by atoms with Crippen LogP contribution in [0, 0.1) is 0 Å². The molecule has 1 aliphatic heterocycles. The normalized spacial score (nSPS) is 18.4. The van der Waals surface area contributed by atoms with Gasteiger partial charge in [0.1, 0.15) is 5.82 Å². The molecule has 0 unspecified atom stereocenters. The van der Waals surface area contributed by atoms with Crippen molar-refractivity contribution >= 4 is 27.4 Å². The van der Waals surface area contributed by atoms with Gasteiger partial charge in [0.25, 0.3) is 0 Å². The highest BCUT2D eigenvalue weighted by atomic mass is 35.5. The van der Waals surface area contributed by atoms with Crippen LogP contribution in [0.5, 0.6) is 0 Å². The monoisotopic (exact) mass is 303 g/mol. The molecule has 0 amide bonds. The van der Waals surface area contributed by atoms with Crippen molar-refractivity contribution < 1.29 is 8.42 Å². The van der Waals surface area contributed by atoms with Gasteiger partial charge < -0.3 is 5.32 Å². The van der Waals surface area contributed by atoms with Crippen molar-refractivity contribution in [2.45, 2.75) is 25.8 Å². The minimum Gasteiger partial charge on any atom is -0.367 e. The van der Waals surface area contributed by atoms with Crippen molar-refractivity contribution in [2.24, 2.45) is 0 Å². The third-order valence-electron chi connectivity index (χ3n) is 3.29. The molecule has 2 heterocycles. The Balaban J connectivity index is 1.89. The van der Waals surface area contributed by atoms with Crippen LogP contribution in [-0.2, 0) is 10.0 Å². The summed E-state index contributed by atoms with van der Waals surface area (Å²) in [5.74, 6) is 0.949. The molecule has 2 rings (SSSR count). The van der Waals surface area contributed by atoms with Crippen molar-refractivity contribution in [1.82, 2.24) is 9.29 Å². The van der Waals surface area contributed by atoms with E-state index in [1.165, 1.54) is 0 Å². The molecule has 1 aromatic heterocycles. The van der Waals surface area contributed by atoms with Crippen LogP contribution in [-0.4, -0.2) is 42.6 Å². The molecule has 0 aromatic carbocycles. The number of sulfonamides is 1. The van der Waals surface area contributed by atoms with Gasteiger partial charge in [-0.05, 0) is 31.9 Å². The first-order valence-electron chi connectivity index (χ1n) is 6.37. The number of rotatable bonds is 4. The summed E-state index contributed by atoms with van der Waals surface area (Å²) < 4.78 is 25.0. The second-order valence-corrected chi connectivity index (χ2v) is 7.27. The highest BCUT2D eigenvalue weighted by Gasteiger charge is 2.26. The zero-order valence-electron chi connectivity index (χ0n) is 10.8. The highest BCUT2D eigenvalue weighted by molar-refractivity contribution is 7.89. The Bertz CT molecular complexity index is 510. The zero-order valence-corrected chi connectivity index (χ0v) is 12.4. The maximum Gasteiger partial charge on any atom is 0.213 e. The van der Waals surface area contributed by atoms with Crippen molar-refractivity contribution in [3.63, 3.8) is 0 Å². The van der Waals surface area contributed by atoms with Gasteiger partial charge in [0.05, 0.1) is 10.8 Å². The number of piperidine rings is 1. The second kappa shape index (κ2) is 6.07. The number of anilines is 1. The number of hydrogen-bond donors (Lipinski definition) is 1. The van der Waals surface area contributed by atoms with Gasteiger partial charge in [-0.1, -0.05) is 11.6 Å². The molecule has 1 fully saturated rings. The van der Waals surface area contributed by atoms with E-state index in [0.717, 1.165) is 18.7 Å². The van der Waals surface area contributed by atoms with Crippen molar-refractivity contribution in [3.8, 4) is 0 Å². The van der Waals surface area contributed by atoms with Crippen LogP contribution < -0.4 is 5.32 Å². The largest absolute Gasteiger partial charge is 0.367 e. The molecule has 7 heteroatoms. The van der Waals surface area contributed by atoms with E-state index in [0.29, 0.717) is 18.1 Å². The Morgan fingerprint density at radius 2 is 2.11 bits per heavy atom. The average Bonchev–Trinajstić information content (AvgIpc) is 2.42. The SMILES string of the molecule is CCS(=O)(=O)N1CCC(Nc2ccc(Cl)cn2)CC1. The molecule has 0 aliphatic carbocycles. The summed E-state index contributed by atoms with van der Waals surface area (Å²) in [5.41, 5.74) is 0. The number of nitrogens with one attached hydrogen (secondary N) is 1. The Morgan fingerprint density at radius 1 is 1.42 bits per heavy atom. The van der Waals surface area contributed by atoms with E-state index in [-0.39, 0.29) is 11.8 Å². The lowest BCUT2D eigenvalue weighted by molar-refractivity contribution is 0.330. The highest BCUT2D eigenvalue weighted by Crippen LogP contribution is 2.18. The minimum atomic E-state index is -3.05. The lowest BCUT2D eigenvalue weighted by Crippen LogP contribution is -2.43. The van der Waals surface area contributed by atoms with Crippen LogP contribution in [0.2, 0.25) is 5.02 Å². The summed E-state index contributed by atoms with van der Waals surface area (Å²) in [5, 5.41) is 3.91. The Morgan fingerprint density at radius 3 is 2.63 bits per heavy atom. The summed E-state index contributed by atoms with van der Waals surface area (Å²) in [6.07, 6.45) is 3.19. The van der Waals surface area contributed by atoms with Crippen molar-refractivity contribution in [1.29, 1.82) is 0 Å². The topological polar surface area (TPSA) is 62.3 Å². The standard InChI is InChI=1S/C12H18ClN3O2S/c1-2-19(17,18)16-7-5-11(6-8-16)15-12-4-3-10(13)9-14-12/h3-4,9,11H,2,5-8H2,1H3,(H,14,15). The van der Waals surface area contributed by atoms with Crippen LogP contribution in [0.3, 0.4) is 0 Å². The number of nitrogens with zero attached hydrogens (tertiary/aromatic N) is 2. The molecule has 0 radical (unpaired) electrons. The fraction of sp³-hybridized carbons (Fsp3) is 0.583. The summed E-state index contributed by atoms with van der Waals surface area (Å²) in [6.45, 7) is 2.82. The predicted molar refractivity (Wildman–Crippen MR) is 76.9 cm³/mol. The first-order chi connectivity index (χ1) is 9.01. The van der Waals surface area contributed by atoms with Gasteiger partial charge in [-0.15, -0.1) is 0 Å². The molecule has 1 N–H and O–H groups in total. The number of halogens is 1. The molecule has 1 saturated heterocycles. The number of pyridine rings is 1. The average molecular weight is 304 g/mol. The van der Waals surface area contributed by atoms with E-state index in [9.17, 15) is 8.42 Å². The fourth-order valence-electron chi connectivity index (χ4n) is 2.13. The van der Waals surface area contributed by atoms with Crippen LogP contribution >= 0.6 is 11.6 Å². The van der Waals surface area contributed by atoms with E-state index < -0.39 is 10.0 Å². The van der Waals surface area contributed by atoms with Crippen LogP contribution in [0.25, 0.3) is 0 Å². The molecule has 5 nitrogen and oxygen atoms in total. The molecule has 106 valence electrons. The summed E-state index contributed by atoms with van der Waals surface area (Å²) in [4.78, 5) is 4.18. The Hall–Kier alpha value is -0.850. The molecule has 0 atom stereocenters. The smallest absolute Gasteiger partial charge is 0.213 e. The molecule has 19 heavy (non-hydrogen) atoms. The van der Waals surface area contributed by atoms with Gasteiger partial charge in [-0.25, -0.2) is 17.7 Å². The van der Waals surface area contributed by atoms with E-state index in [4.69, 9.17) is 11.6 Å².